The predicted molar refractivity (Wildman–Crippen MR) is 192 cm³/mol. The van der Waals surface area contributed by atoms with E-state index in [0.29, 0.717) is 51.0 Å². The molecule has 2 aromatic rings. The molecule has 20 heteroatoms. The zero-order valence-electron chi connectivity index (χ0n) is 32.6. The Labute approximate surface area is 338 Å². The average Bonchev–Trinajstić information content (AvgIpc) is 3.58. The third-order valence-corrected chi connectivity index (χ3v) is 11.7. The van der Waals surface area contributed by atoms with E-state index in [2.05, 4.69) is 20.4 Å². The highest BCUT2D eigenvalue weighted by molar-refractivity contribution is 5.98. The number of hydrogen-bond acceptors (Lipinski definition) is 6. The number of amides is 2. The van der Waals surface area contributed by atoms with E-state index in [4.69, 9.17) is 9.47 Å². The summed E-state index contributed by atoms with van der Waals surface area (Å²) in [5.41, 5.74) is -7.95. The first kappa shape index (κ1) is 45.9. The van der Waals surface area contributed by atoms with E-state index >= 15 is 0 Å². The van der Waals surface area contributed by atoms with Crippen LogP contribution in [0.4, 0.5) is 52.7 Å². The smallest absolute Gasteiger partial charge is 0.379 e. The molecule has 60 heavy (non-hydrogen) atoms. The van der Waals surface area contributed by atoms with Crippen molar-refractivity contribution in [2.75, 3.05) is 52.6 Å². The highest BCUT2D eigenvalue weighted by atomic mass is 19.4. The van der Waals surface area contributed by atoms with Crippen molar-refractivity contribution >= 4 is 11.8 Å². The van der Waals surface area contributed by atoms with Crippen molar-refractivity contribution in [3.05, 3.63) is 68.8 Å². The Bertz CT molecular complexity index is 1850. The standard InChI is InChI=1S/C21H24F6N2O2.C19H22F6N2O2/c22-20(23,24)13-9-14(12-3-4-12)18(15(10-13)21(25,26)27)19(30)28-16-11-31-8-5-17(16)29-6-1-2-7-29;1-11-8-12(18(20,21)22)9-13(19(23,24)25)16(11)17(28)26-14-10-29-7-4-15(14)27-5-2-3-6-27/h9-10,12,16-17H,1-8,11H2,(H,28,30);8-9,14-15H,2-7,10H2,1H3,(H,26,28). The number of alkyl halides is 12. The minimum Gasteiger partial charge on any atom is -0.379 e. The molecule has 4 saturated heterocycles. The van der Waals surface area contributed by atoms with Gasteiger partial charge in [0.05, 0.1) is 58.7 Å². The van der Waals surface area contributed by atoms with Crippen molar-refractivity contribution in [1.29, 1.82) is 0 Å². The first-order valence-corrected chi connectivity index (χ1v) is 19.9. The maximum Gasteiger partial charge on any atom is 0.417 e. The summed E-state index contributed by atoms with van der Waals surface area (Å²) in [4.78, 5) is 30.2. The lowest BCUT2D eigenvalue weighted by molar-refractivity contribution is -0.145. The van der Waals surface area contributed by atoms with Crippen LogP contribution in [0.1, 0.15) is 111 Å². The van der Waals surface area contributed by atoms with Crippen LogP contribution in [0.15, 0.2) is 24.3 Å². The molecule has 2 aromatic carbocycles. The summed E-state index contributed by atoms with van der Waals surface area (Å²) in [6.07, 6.45) is -13.8. The zero-order valence-corrected chi connectivity index (χ0v) is 32.6. The quantitative estimate of drug-likeness (QED) is 0.272. The Morgan fingerprint density at radius 2 is 0.967 bits per heavy atom. The van der Waals surface area contributed by atoms with Crippen molar-refractivity contribution in [1.82, 2.24) is 20.4 Å². The summed E-state index contributed by atoms with van der Waals surface area (Å²) in [6, 6.07) is 0.142. The number of rotatable bonds is 7. The molecule has 4 aliphatic heterocycles. The van der Waals surface area contributed by atoms with Crippen LogP contribution in [0, 0.1) is 6.92 Å². The van der Waals surface area contributed by atoms with Crippen molar-refractivity contribution in [2.24, 2.45) is 0 Å². The number of ether oxygens (including phenoxy) is 2. The summed E-state index contributed by atoms with van der Waals surface area (Å²) in [7, 11) is 0. The number of halogens is 12. The zero-order chi connectivity index (χ0) is 43.8. The van der Waals surface area contributed by atoms with Crippen LogP contribution < -0.4 is 10.6 Å². The minimum atomic E-state index is -5.10. The maximum absolute atomic E-state index is 13.8. The SMILES string of the molecule is Cc1cc(C(F)(F)F)cc(C(F)(F)F)c1C(=O)NC1COCCC1N1CCCC1.O=C(NC1COCCC1N1CCCC1)c1c(C2CC2)cc(C(F)(F)F)cc1C(F)(F)F. The normalized spacial score (nSPS) is 24.8. The van der Waals surface area contributed by atoms with Gasteiger partial charge in [-0.3, -0.25) is 19.4 Å². The average molecular weight is 875 g/mol. The molecule has 1 saturated carbocycles. The van der Waals surface area contributed by atoms with E-state index in [-0.39, 0.29) is 48.6 Å². The Balaban J connectivity index is 0.000000202. The summed E-state index contributed by atoms with van der Waals surface area (Å²) >= 11 is 0. The molecule has 4 unspecified atom stereocenters. The summed E-state index contributed by atoms with van der Waals surface area (Å²) in [6.45, 7) is 5.73. The Kier molecular flexibility index (Phi) is 13.8. The molecule has 0 aromatic heterocycles. The monoisotopic (exact) mass is 874 g/mol. The van der Waals surface area contributed by atoms with Crippen LogP contribution in [0.25, 0.3) is 0 Å². The molecule has 5 fully saturated rings. The van der Waals surface area contributed by atoms with Crippen molar-refractivity contribution < 1.29 is 71.7 Å². The molecular formula is C40H46F12N4O4. The van der Waals surface area contributed by atoms with Crippen LogP contribution >= 0.6 is 0 Å². The van der Waals surface area contributed by atoms with Gasteiger partial charge in [-0.05, 0) is 126 Å². The molecule has 0 radical (unpaired) electrons. The first-order chi connectivity index (χ1) is 28.0. The molecule has 2 amide bonds. The summed E-state index contributed by atoms with van der Waals surface area (Å²) < 4.78 is 171. The molecule has 4 heterocycles. The van der Waals surface area contributed by atoms with Gasteiger partial charge in [0.15, 0.2) is 0 Å². The molecule has 0 spiro atoms. The van der Waals surface area contributed by atoms with Gasteiger partial charge in [-0.1, -0.05) is 0 Å². The van der Waals surface area contributed by atoms with Gasteiger partial charge in [-0.2, -0.15) is 52.7 Å². The molecule has 4 atom stereocenters. The highest BCUT2D eigenvalue weighted by Gasteiger charge is 2.45. The van der Waals surface area contributed by atoms with Crippen molar-refractivity contribution in [3.8, 4) is 0 Å². The summed E-state index contributed by atoms with van der Waals surface area (Å²) in [5, 5.41) is 5.26. The second-order valence-corrected chi connectivity index (χ2v) is 16.0. The van der Waals surface area contributed by atoms with Gasteiger partial charge in [0, 0.05) is 25.3 Å². The second-order valence-electron chi connectivity index (χ2n) is 16.0. The van der Waals surface area contributed by atoms with Gasteiger partial charge in [0.2, 0.25) is 0 Å². The number of carbonyl (C=O) groups excluding carboxylic acids is 2. The number of hydrogen-bond donors (Lipinski definition) is 2. The van der Waals surface area contributed by atoms with Gasteiger partial charge in [-0.25, -0.2) is 0 Å². The fourth-order valence-corrected chi connectivity index (χ4v) is 8.73. The summed E-state index contributed by atoms with van der Waals surface area (Å²) in [5.74, 6) is -2.49. The van der Waals surface area contributed by atoms with Gasteiger partial charge in [0.25, 0.3) is 11.8 Å². The lowest BCUT2D eigenvalue weighted by atomic mass is 9.92. The van der Waals surface area contributed by atoms with E-state index in [1.54, 1.807) is 0 Å². The van der Waals surface area contributed by atoms with E-state index in [1.165, 1.54) is 0 Å². The first-order valence-electron chi connectivity index (χ1n) is 19.9. The molecule has 2 N–H and O–H groups in total. The maximum atomic E-state index is 13.8. The second kappa shape index (κ2) is 18.0. The van der Waals surface area contributed by atoms with Crippen LogP contribution in [0.3, 0.4) is 0 Å². The van der Waals surface area contributed by atoms with Crippen LogP contribution in [0.5, 0.6) is 0 Å². The number of nitrogens with one attached hydrogen (secondary N) is 2. The third-order valence-electron chi connectivity index (χ3n) is 11.7. The van der Waals surface area contributed by atoms with Crippen molar-refractivity contribution in [2.45, 2.75) is 113 Å². The Morgan fingerprint density at radius 1 is 0.567 bits per heavy atom. The predicted octanol–water partition coefficient (Wildman–Crippen LogP) is 8.60. The van der Waals surface area contributed by atoms with Gasteiger partial charge in [-0.15, -0.1) is 0 Å². The number of aryl methyl sites for hydroxylation is 1. The van der Waals surface area contributed by atoms with Gasteiger partial charge >= 0.3 is 24.7 Å². The number of carbonyl (C=O) groups is 2. The number of benzene rings is 2. The van der Waals surface area contributed by atoms with E-state index in [1.807, 2.05) is 0 Å². The topological polar surface area (TPSA) is 83.1 Å². The van der Waals surface area contributed by atoms with Crippen LogP contribution in [-0.2, 0) is 34.2 Å². The van der Waals surface area contributed by atoms with E-state index < -0.39 is 87.9 Å². The largest absolute Gasteiger partial charge is 0.417 e. The highest BCUT2D eigenvalue weighted by Crippen LogP contribution is 2.47. The molecule has 5 aliphatic rings. The Hall–Kier alpha value is -3.62. The molecular weight excluding hydrogens is 828 g/mol. The number of nitrogens with zero attached hydrogens (tertiary/aromatic N) is 2. The van der Waals surface area contributed by atoms with E-state index in [9.17, 15) is 62.3 Å². The van der Waals surface area contributed by atoms with E-state index in [0.717, 1.165) is 58.8 Å². The lowest BCUT2D eigenvalue weighted by Gasteiger charge is -2.38. The van der Waals surface area contributed by atoms with Crippen molar-refractivity contribution in [3.63, 3.8) is 0 Å². The van der Waals surface area contributed by atoms with Crippen LogP contribution in [0.2, 0.25) is 0 Å². The minimum absolute atomic E-state index is 0.00274. The molecule has 7 rings (SSSR count). The molecule has 0 bridgehead atoms. The Morgan fingerprint density at radius 3 is 1.37 bits per heavy atom. The lowest BCUT2D eigenvalue weighted by Crippen LogP contribution is -2.56. The number of likely N-dealkylation sites (tertiary alicyclic amines) is 2. The third kappa shape index (κ3) is 10.9. The molecule has 1 aliphatic carbocycles. The fourth-order valence-electron chi connectivity index (χ4n) is 8.73. The van der Waals surface area contributed by atoms with Gasteiger partial charge in [0.1, 0.15) is 0 Å². The molecule has 334 valence electrons. The van der Waals surface area contributed by atoms with Gasteiger partial charge < -0.3 is 20.1 Å². The molecule has 8 nitrogen and oxygen atoms in total. The fraction of sp³-hybridized carbons (Fsp3) is 0.650. The van der Waals surface area contributed by atoms with Crippen LogP contribution in [-0.4, -0.2) is 98.4 Å².